The van der Waals surface area contributed by atoms with Gasteiger partial charge in [0.2, 0.25) is 10.0 Å². The van der Waals surface area contributed by atoms with Crippen LogP contribution in [0.5, 0.6) is 0 Å². The number of nitrogens with zero attached hydrogens (tertiary/aromatic N) is 2. The van der Waals surface area contributed by atoms with Crippen molar-refractivity contribution in [3.05, 3.63) is 80.9 Å². The van der Waals surface area contributed by atoms with Gasteiger partial charge in [0.1, 0.15) is 0 Å². The van der Waals surface area contributed by atoms with Crippen LogP contribution < -0.4 is 0 Å². The van der Waals surface area contributed by atoms with Gasteiger partial charge in [0, 0.05) is 35.7 Å². The normalized spacial score (nSPS) is 11.7. The molecular weight excluding hydrogens is 364 g/mol. The molecule has 25 heavy (non-hydrogen) atoms. The molecule has 0 aliphatic heterocycles. The van der Waals surface area contributed by atoms with Gasteiger partial charge in [0.05, 0.1) is 22.3 Å². The molecule has 0 spiro atoms. The predicted molar refractivity (Wildman–Crippen MR) is 92.6 cm³/mol. The van der Waals surface area contributed by atoms with Crippen LogP contribution >= 0.6 is 11.3 Å². The van der Waals surface area contributed by atoms with E-state index in [0.717, 1.165) is 10.9 Å². The molecule has 0 saturated carbocycles. The Labute approximate surface area is 148 Å². The zero-order chi connectivity index (χ0) is 17.9. The molecular formula is C16H14N2O5S2. The quantitative estimate of drug-likeness (QED) is 0.462. The van der Waals surface area contributed by atoms with E-state index in [-0.39, 0.29) is 23.7 Å². The molecule has 3 rings (SSSR count). The smallest absolute Gasteiger partial charge is 0.270 e. The zero-order valence-corrected chi connectivity index (χ0v) is 14.6. The van der Waals surface area contributed by atoms with Gasteiger partial charge < -0.3 is 4.42 Å². The van der Waals surface area contributed by atoms with E-state index < -0.39 is 14.9 Å². The molecule has 7 nitrogen and oxygen atoms in total. The number of non-ortho nitro benzene ring substituents is 1. The molecule has 1 aromatic carbocycles. The standard InChI is InChI=1S/C16H14N2O5S2/c19-18(20)14-3-1-5-16(9-14)25(21,22)17(10-13-6-7-23-12-13)11-15-4-2-8-24-15/h1-9,12H,10-11H2. The van der Waals surface area contributed by atoms with Gasteiger partial charge in [-0.15, -0.1) is 11.3 Å². The second-order valence-corrected chi connectivity index (χ2v) is 8.21. The monoisotopic (exact) mass is 378 g/mol. The molecule has 0 fully saturated rings. The van der Waals surface area contributed by atoms with E-state index >= 15 is 0 Å². The fourth-order valence-corrected chi connectivity index (χ4v) is 4.54. The second kappa shape index (κ2) is 7.18. The van der Waals surface area contributed by atoms with E-state index in [4.69, 9.17) is 4.42 Å². The Bertz CT molecular complexity index is 914. The Kier molecular flexibility index (Phi) is 4.98. The number of thiophene rings is 1. The first-order valence-electron chi connectivity index (χ1n) is 7.25. The van der Waals surface area contributed by atoms with Crippen LogP contribution in [0.3, 0.4) is 0 Å². The third-order valence-electron chi connectivity index (χ3n) is 3.52. The van der Waals surface area contributed by atoms with Crippen LogP contribution in [0.1, 0.15) is 10.4 Å². The third-order valence-corrected chi connectivity index (χ3v) is 6.17. The lowest BCUT2D eigenvalue weighted by molar-refractivity contribution is -0.385. The van der Waals surface area contributed by atoms with E-state index in [1.807, 2.05) is 17.5 Å². The van der Waals surface area contributed by atoms with Crippen molar-refractivity contribution in [2.75, 3.05) is 0 Å². The lowest BCUT2D eigenvalue weighted by atomic mass is 10.3. The number of rotatable bonds is 7. The van der Waals surface area contributed by atoms with Crippen LogP contribution in [0.4, 0.5) is 5.69 Å². The minimum absolute atomic E-state index is 0.109. The summed E-state index contributed by atoms with van der Waals surface area (Å²) in [4.78, 5) is 11.1. The van der Waals surface area contributed by atoms with Gasteiger partial charge in [0.15, 0.2) is 0 Å². The van der Waals surface area contributed by atoms with Crippen molar-refractivity contribution in [1.29, 1.82) is 0 Å². The number of hydrogen-bond donors (Lipinski definition) is 0. The zero-order valence-electron chi connectivity index (χ0n) is 12.9. The van der Waals surface area contributed by atoms with Crippen LogP contribution in [-0.4, -0.2) is 17.6 Å². The minimum Gasteiger partial charge on any atom is -0.472 e. The van der Waals surface area contributed by atoms with Crippen molar-refractivity contribution in [3.8, 4) is 0 Å². The van der Waals surface area contributed by atoms with Crippen LogP contribution in [0.25, 0.3) is 0 Å². The van der Waals surface area contributed by atoms with Gasteiger partial charge in [-0.2, -0.15) is 4.31 Å². The molecule has 0 bridgehead atoms. The molecule has 0 N–H and O–H groups in total. The maximum Gasteiger partial charge on any atom is 0.270 e. The highest BCUT2D eigenvalue weighted by Gasteiger charge is 2.27. The van der Waals surface area contributed by atoms with Gasteiger partial charge in [-0.3, -0.25) is 10.1 Å². The van der Waals surface area contributed by atoms with Gasteiger partial charge >= 0.3 is 0 Å². The van der Waals surface area contributed by atoms with Crippen LogP contribution in [0.15, 0.2) is 69.7 Å². The van der Waals surface area contributed by atoms with E-state index in [9.17, 15) is 18.5 Å². The van der Waals surface area contributed by atoms with Crippen LogP contribution in [0.2, 0.25) is 0 Å². The number of nitro groups is 1. The number of nitro benzene ring substituents is 1. The highest BCUT2D eigenvalue weighted by Crippen LogP contribution is 2.25. The summed E-state index contributed by atoms with van der Waals surface area (Å²) in [5, 5.41) is 12.8. The van der Waals surface area contributed by atoms with Crippen molar-refractivity contribution < 1.29 is 17.8 Å². The van der Waals surface area contributed by atoms with Gasteiger partial charge in [-0.05, 0) is 23.6 Å². The number of benzene rings is 1. The summed E-state index contributed by atoms with van der Waals surface area (Å²) in [6.07, 6.45) is 2.95. The summed E-state index contributed by atoms with van der Waals surface area (Å²) in [5.74, 6) is 0. The lowest BCUT2D eigenvalue weighted by Gasteiger charge is -2.21. The Morgan fingerprint density at radius 2 is 2.00 bits per heavy atom. The Hall–Kier alpha value is -2.49. The summed E-state index contributed by atoms with van der Waals surface area (Å²) in [6, 6.07) is 10.4. The van der Waals surface area contributed by atoms with Gasteiger partial charge in [0.25, 0.3) is 5.69 Å². The maximum absolute atomic E-state index is 13.0. The summed E-state index contributed by atoms with van der Waals surface area (Å²) >= 11 is 1.45. The molecule has 3 aromatic rings. The molecule has 130 valence electrons. The molecule has 0 radical (unpaired) electrons. The first-order valence-corrected chi connectivity index (χ1v) is 9.57. The molecule has 9 heteroatoms. The predicted octanol–water partition coefficient (Wildman–Crippen LogP) is 3.64. The van der Waals surface area contributed by atoms with Gasteiger partial charge in [-0.1, -0.05) is 12.1 Å². The molecule has 0 atom stereocenters. The molecule has 0 amide bonds. The van der Waals surface area contributed by atoms with Crippen LogP contribution in [0, 0.1) is 10.1 Å². The Morgan fingerprint density at radius 3 is 2.64 bits per heavy atom. The third kappa shape index (κ3) is 3.95. The molecule has 0 unspecified atom stereocenters. The van der Waals surface area contributed by atoms with Crippen LogP contribution in [-0.2, 0) is 23.1 Å². The largest absolute Gasteiger partial charge is 0.472 e. The average Bonchev–Trinajstić information content (AvgIpc) is 3.28. The second-order valence-electron chi connectivity index (χ2n) is 5.24. The fraction of sp³-hybridized carbons (Fsp3) is 0.125. The molecule has 0 saturated heterocycles. The summed E-state index contributed by atoms with van der Waals surface area (Å²) in [5.41, 5.74) is 0.436. The first kappa shape index (κ1) is 17.3. The minimum atomic E-state index is -3.92. The van der Waals surface area contributed by atoms with E-state index in [1.165, 1.54) is 46.4 Å². The molecule has 0 aliphatic carbocycles. The maximum atomic E-state index is 13.0. The highest BCUT2D eigenvalue weighted by atomic mass is 32.2. The topological polar surface area (TPSA) is 93.7 Å². The van der Waals surface area contributed by atoms with E-state index in [2.05, 4.69) is 0 Å². The molecule has 2 heterocycles. The van der Waals surface area contributed by atoms with Gasteiger partial charge in [-0.25, -0.2) is 8.42 Å². The van der Waals surface area contributed by atoms with E-state index in [1.54, 1.807) is 6.07 Å². The van der Waals surface area contributed by atoms with E-state index in [0.29, 0.717) is 5.56 Å². The number of hydrogen-bond acceptors (Lipinski definition) is 6. The van der Waals surface area contributed by atoms with Crippen molar-refractivity contribution in [2.45, 2.75) is 18.0 Å². The average molecular weight is 378 g/mol. The van der Waals surface area contributed by atoms with Crippen molar-refractivity contribution in [3.63, 3.8) is 0 Å². The molecule has 0 aliphatic rings. The first-order chi connectivity index (χ1) is 12.0. The van der Waals surface area contributed by atoms with Crippen molar-refractivity contribution in [2.24, 2.45) is 0 Å². The highest BCUT2D eigenvalue weighted by molar-refractivity contribution is 7.89. The summed E-state index contributed by atoms with van der Waals surface area (Å²) < 4.78 is 32.4. The Morgan fingerprint density at radius 1 is 1.16 bits per heavy atom. The molecule has 2 aromatic heterocycles. The van der Waals surface area contributed by atoms with Crippen molar-refractivity contribution in [1.82, 2.24) is 4.31 Å². The SMILES string of the molecule is O=[N+]([O-])c1cccc(S(=O)(=O)N(Cc2ccoc2)Cc2cccs2)c1. The number of furan rings is 1. The van der Waals surface area contributed by atoms with Crippen molar-refractivity contribution >= 4 is 27.0 Å². The fourth-order valence-electron chi connectivity index (χ4n) is 2.30. The Balaban J connectivity index is 1.97. The summed E-state index contributed by atoms with van der Waals surface area (Å²) in [6.45, 7) is 0.285. The number of sulfonamides is 1. The summed E-state index contributed by atoms with van der Waals surface area (Å²) in [7, 11) is -3.92. The lowest BCUT2D eigenvalue weighted by Crippen LogP contribution is -2.29.